The van der Waals surface area contributed by atoms with Crippen LogP contribution < -0.4 is 5.56 Å². The Kier molecular flexibility index (Phi) is 5.84. The van der Waals surface area contributed by atoms with E-state index in [1.54, 1.807) is 0 Å². The fourth-order valence-electron chi connectivity index (χ4n) is 5.50. The number of hydrogen-bond acceptors (Lipinski definition) is 5. The molecule has 7 nitrogen and oxygen atoms in total. The molecule has 1 saturated heterocycles. The van der Waals surface area contributed by atoms with E-state index < -0.39 is 0 Å². The number of nitrogens with one attached hydrogen (secondary N) is 1. The number of tetrazole rings is 1. The molecular weight excluding hydrogens is 400 g/mol. The fourth-order valence-corrected chi connectivity index (χ4v) is 5.50. The van der Waals surface area contributed by atoms with Crippen molar-refractivity contribution in [1.29, 1.82) is 0 Å². The number of aromatic nitrogens is 5. The van der Waals surface area contributed by atoms with Crippen LogP contribution in [-0.2, 0) is 0 Å². The van der Waals surface area contributed by atoms with E-state index in [-0.39, 0.29) is 11.6 Å². The Bertz CT molecular complexity index is 1150. The van der Waals surface area contributed by atoms with Crippen LogP contribution in [-0.4, -0.2) is 43.2 Å². The maximum absolute atomic E-state index is 13.5. The number of aromatic amines is 1. The molecule has 5 rings (SSSR count). The van der Waals surface area contributed by atoms with E-state index in [0.717, 1.165) is 66.6 Å². The lowest BCUT2D eigenvalue weighted by atomic mass is 9.93. The molecular formula is C25H34N6O. The van der Waals surface area contributed by atoms with Gasteiger partial charge in [-0.1, -0.05) is 38.3 Å². The zero-order chi connectivity index (χ0) is 22.2. The highest BCUT2D eigenvalue weighted by Crippen LogP contribution is 2.35. The largest absolute Gasteiger partial charge is 0.321 e. The van der Waals surface area contributed by atoms with Gasteiger partial charge in [0, 0.05) is 5.56 Å². The van der Waals surface area contributed by atoms with Gasteiger partial charge in [0.25, 0.3) is 5.56 Å². The molecule has 2 aromatic heterocycles. The minimum Gasteiger partial charge on any atom is -0.321 e. The molecule has 3 aromatic rings. The highest BCUT2D eigenvalue weighted by molar-refractivity contribution is 5.83. The summed E-state index contributed by atoms with van der Waals surface area (Å²) in [4.78, 5) is 19.1. The molecule has 7 heteroatoms. The van der Waals surface area contributed by atoms with Crippen LogP contribution in [0.4, 0.5) is 0 Å². The lowest BCUT2D eigenvalue weighted by Gasteiger charge is -2.36. The van der Waals surface area contributed by atoms with Gasteiger partial charge in [-0.2, -0.15) is 0 Å². The van der Waals surface area contributed by atoms with Gasteiger partial charge >= 0.3 is 0 Å². The first-order chi connectivity index (χ1) is 15.5. The van der Waals surface area contributed by atoms with E-state index in [1.165, 1.54) is 24.8 Å². The van der Waals surface area contributed by atoms with Crippen molar-refractivity contribution in [2.45, 2.75) is 77.8 Å². The molecule has 2 aliphatic rings. The monoisotopic (exact) mass is 434 g/mol. The highest BCUT2D eigenvalue weighted by Gasteiger charge is 2.34. The highest BCUT2D eigenvalue weighted by atomic mass is 16.1. The number of aryl methyl sites for hydroxylation is 2. The Balaban J connectivity index is 1.63. The van der Waals surface area contributed by atoms with E-state index in [0.29, 0.717) is 12.0 Å². The van der Waals surface area contributed by atoms with Crippen LogP contribution in [0.1, 0.15) is 86.5 Å². The minimum absolute atomic E-state index is 0.0342. The number of piperidine rings is 1. The van der Waals surface area contributed by atoms with Crippen molar-refractivity contribution in [3.8, 4) is 0 Å². The van der Waals surface area contributed by atoms with Crippen LogP contribution in [0, 0.1) is 19.8 Å². The predicted molar refractivity (Wildman–Crippen MR) is 126 cm³/mol. The zero-order valence-electron chi connectivity index (χ0n) is 19.5. The molecule has 1 unspecified atom stereocenters. The van der Waals surface area contributed by atoms with Gasteiger partial charge in [0.2, 0.25) is 0 Å². The first-order valence-electron chi connectivity index (χ1n) is 12.2. The van der Waals surface area contributed by atoms with Crippen molar-refractivity contribution in [3.63, 3.8) is 0 Å². The quantitative estimate of drug-likeness (QED) is 0.656. The van der Waals surface area contributed by atoms with E-state index in [1.807, 2.05) is 4.68 Å². The van der Waals surface area contributed by atoms with E-state index in [4.69, 9.17) is 0 Å². The van der Waals surface area contributed by atoms with Gasteiger partial charge in [0.05, 0.1) is 11.6 Å². The van der Waals surface area contributed by atoms with E-state index in [9.17, 15) is 4.79 Å². The van der Waals surface area contributed by atoms with Crippen molar-refractivity contribution in [2.75, 3.05) is 13.1 Å². The molecule has 1 aromatic carbocycles. The summed E-state index contributed by atoms with van der Waals surface area (Å²) < 4.78 is 2.03. The molecule has 1 saturated carbocycles. The lowest BCUT2D eigenvalue weighted by molar-refractivity contribution is 0.146. The van der Waals surface area contributed by atoms with E-state index in [2.05, 4.69) is 64.4 Å². The van der Waals surface area contributed by atoms with Gasteiger partial charge in [-0.15, -0.1) is 5.10 Å². The summed E-state index contributed by atoms with van der Waals surface area (Å²) in [5.41, 5.74) is 3.96. The van der Waals surface area contributed by atoms with Crippen molar-refractivity contribution >= 4 is 10.9 Å². The molecule has 32 heavy (non-hydrogen) atoms. The fraction of sp³-hybridized carbons (Fsp3) is 0.600. The standard InChI is InChI=1S/C25H34N6O/c1-16-11-13-30(14-12-16)23(24-27-28-29-31(24)20-7-5-4-6-8-20)21-15-19-10-9-17(2)18(3)22(19)26-25(21)32/h9-10,15-16,20,23H,4-8,11-14H2,1-3H3,(H,26,32). The van der Waals surface area contributed by atoms with Gasteiger partial charge in [0.15, 0.2) is 5.82 Å². The number of benzene rings is 1. The molecule has 1 N–H and O–H groups in total. The average molecular weight is 435 g/mol. The van der Waals surface area contributed by atoms with Gasteiger partial charge in [-0.05, 0) is 91.5 Å². The lowest BCUT2D eigenvalue weighted by Crippen LogP contribution is -2.40. The van der Waals surface area contributed by atoms with Crippen LogP contribution in [0.2, 0.25) is 0 Å². The zero-order valence-corrected chi connectivity index (χ0v) is 19.5. The maximum Gasteiger partial charge on any atom is 0.253 e. The first-order valence-corrected chi connectivity index (χ1v) is 12.2. The van der Waals surface area contributed by atoms with E-state index >= 15 is 0 Å². The van der Waals surface area contributed by atoms with Gasteiger partial charge < -0.3 is 4.98 Å². The Labute approximate surface area is 189 Å². The third-order valence-corrected chi connectivity index (χ3v) is 7.74. The Morgan fingerprint density at radius 3 is 2.56 bits per heavy atom. The molecule has 1 atom stereocenters. The summed E-state index contributed by atoms with van der Waals surface area (Å²) in [5.74, 6) is 1.53. The SMILES string of the molecule is Cc1ccc2cc(C(c3nnnn3C3CCCCC3)N3CCC(C)CC3)c(=O)[nH]c2c1C. The Morgan fingerprint density at radius 1 is 1.06 bits per heavy atom. The normalized spacial score (nSPS) is 20.1. The third kappa shape index (κ3) is 3.87. The Hall–Kier alpha value is -2.54. The molecule has 170 valence electrons. The number of hydrogen-bond donors (Lipinski definition) is 1. The number of H-pyrrole nitrogens is 1. The van der Waals surface area contributed by atoms with Crippen LogP contribution in [0.3, 0.4) is 0 Å². The molecule has 0 bridgehead atoms. The number of fused-ring (bicyclic) bond motifs is 1. The maximum atomic E-state index is 13.5. The van der Waals surface area contributed by atoms with Crippen molar-refractivity contribution in [1.82, 2.24) is 30.1 Å². The van der Waals surface area contributed by atoms with Crippen molar-refractivity contribution in [2.24, 2.45) is 5.92 Å². The van der Waals surface area contributed by atoms with Crippen molar-refractivity contribution < 1.29 is 0 Å². The van der Waals surface area contributed by atoms with Crippen LogP contribution in [0.25, 0.3) is 10.9 Å². The van der Waals surface area contributed by atoms with Crippen LogP contribution in [0.5, 0.6) is 0 Å². The second-order valence-corrected chi connectivity index (χ2v) is 9.92. The number of pyridine rings is 1. The first kappa shape index (κ1) is 21.3. The number of rotatable bonds is 4. The predicted octanol–water partition coefficient (Wildman–Crippen LogP) is 4.46. The molecule has 1 aliphatic heterocycles. The summed E-state index contributed by atoms with van der Waals surface area (Å²) in [6.45, 7) is 8.37. The molecule has 0 amide bonds. The molecule has 2 fully saturated rings. The summed E-state index contributed by atoms with van der Waals surface area (Å²) >= 11 is 0. The summed E-state index contributed by atoms with van der Waals surface area (Å²) in [6, 6.07) is 6.40. The van der Waals surface area contributed by atoms with Gasteiger partial charge in [0.1, 0.15) is 6.04 Å². The smallest absolute Gasteiger partial charge is 0.253 e. The summed E-state index contributed by atoms with van der Waals surface area (Å²) in [6.07, 6.45) is 8.18. The number of likely N-dealkylation sites (tertiary alicyclic amines) is 1. The van der Waals surface area contributed by atoms with Crippen molar-refractivity contribution in [3.05, 3.63) is 51.1 Å². The molecule has 1 aliphatic carbocycles. The average Bonchev–Trinajstić information content (AvgIpc) is 3.29. The topological polar surface area (TPSA) is 79.7 Å². The van der Waals surface area contributed by atoms with Crippen LogP contribution in [0.15, 0.2) is 23.0 Å². The summed E-state index contributed by atoms with van der Waals surface area (Å²) in [7, 11) is 0. The van der Waals surface area contributed by atoms with Crippen LogP contribution >= 0.6 is 0 Å². The minimum atomic E-state index is -0.228. The molecule has 0 radical (unpaired) electrons. The molecule has 0 spiro atoms. The van der Waals surface area contributed by atoms with Gasteiger partial charge in [-0.3, -0.25) is 9.69 Å². The Morgan fingerprint density at radius 2 is 1.81 bits per heavy atom. The molecule has 3 heterocycles. The number of nitrogens with zero attached hydrogens (tertiary/aromatic N) is 5. The summed E-state index contributed by atoms with van der Waals surface area (Å²) in [5, 5.41) is 14.1. The second kappa shape index (κ2) is 8.77. The van der Waals surface area contributed by atoms with Gasteiger partial charge in [-0.25, -0.2) is 4.68 Å². The second-order valence-electron chi connectivity index (χ2n) is 9.92. The third-order valence-electron chi connectivity index (χ3n) is 7.74.